The van der Waals surface area contributed by atoms with Crippen molar-refractivity contribution < 1.29 is 9.53 Å². The molecule has 4 nitrogen and oxygen atoms in total. The molecule has 1 heterocycles. The van der Waals surface area contributed by atoms with Gasteiger partial charge in [-0.1, -0.05) is 20.8 Å². The predicted octanol–water partition coefficient (Wildman–Crippen LogP) is 4.89. The summed E-state index contributed by atoms with van der Waals surface area (Å²) in [6, 6.07) is 7.91. The summed E-state index contributed by atoms with van der Waals surface area (Å²) >= 11 is 1.50. The Morgan fingerprint density at radius 1 is 1.28 bits per heavy atom. The van der Waals surface area contributed by atoms with Gasteiger partial charge in [-0.05, 0) is 49.9 Å². The molecule has 134 valence electrons. The summed E-state index contributed by atoms with van der Waals surface area (Å²) < 4.78 is 5.24. The van der Waals surface area contributed by atoms with E-state index in [1.54, 1.807) is 13.3 Å². The molecular formula is C20H26N2O2S. The first-order valence-corrected chi connectivity index (χ1v) is 9.57. The first-order valence-electron chi connectivity index (χ1n) is 8.75. The van der Waals surface area contributed by atoms with E-state index < -0.39 is 0 Å². The molecule has 1 aromatic carbocycles. The zero-order valence-electron chi connectivity index (χ0n) is 15.6. The van der Waals surface area contributed by atoms with Crippen molar-refractivity contribution in [3.8, 4) is 5.75 Å². The molecule has 1 atom stereocenters. The van der Waals surface area contributed by atoms with Gasteiger partial charge in [-0.3, -0.25) is 4.79 Å². The van der Waals surface area contributed by atoms with Crippen molar-refractivity contribution in [2.75, 3.05) is 12.0 Å². The molecule has 2 aromatic rings. The molecule has 0 radical (unpaired) electrons. The van der Waals surface area contributed by atoms with E-state index in [-0.39, 0.29) is 17.4 Å². The Morgan fingerprint density at radius 3 is 2.40 bits per heavy atom. The number of carbonyl (C=O) groups excluding carboxylic acids is 1. The largest absolute Gasteiger partial charge is 0.497 e. The summed E-state index contributed by atoms with van der Waals surface area (Å²) in [4.78, 5) is 20.4. The molecule has 5 heteroatoms. The van der Waals surface area contributed by atoms with Crippen LogP contribution in [0, 0.1) is 5.92 Å². The number of carbonyl (C=O) groups is 1. The Bertz CT molecular complexity index is 742. The highest BCUT2D eigenvalue weighted by Crippen LogP contribution is 2.38. The molecule has 1 unspecified atom stereocenters. The standard InChI is InChI=1S/C20H26N2O2S/c1-13(14-6-7-14)22(15-8-10-16(24-5)11-9-15)18(23)17-12-21-19(25-17)20(2,3)4/h8-14H,6-7H2,1-5H3. The summed E-state index contributed by atoms with van der Waals surface area (Å²) in [6.45, 7) is 8.50. The maximum atomic E-state index is 13.3. The van der Waals surface area contributed by atoms with Gasteiger partial charge in [0.05, 0.1) is 18.3 Å². The van der Waals surface area contributed by atoms with Crippen LogP contribution in [0.15, 0.2) is 30.5 Å². The maximum absolute atomic E-state index is 13.3. The topological polar surface area (TPSA) is 42.4 Å². The minimum atomic E-state index is -0.0454. The number of aromatic nitrogens is 1. The number of nitrogens with zero attached hydrogens (tertiary/aromatic N) is 2. The van der Waals surface area contributed by atoms with E-state index in [9.17, 15) is 4.79 Å². The smallest absolute Gasteiger partial charge is 0.270 e. The number of ether oxygens (including phenoxy) is 1. The number of hydrogen-bond acceptors (Lipinski definition) is 4. The maximum Gasteiger partial charge on any atom is 0.270 e. The number of hydrogen-bond donors (Lipinski definition) is 0. The first-order chi connectivity index (χ1) is 11.8. The molecular weight excluding hydrogens is 332 g/mol. The molecule has 1 aliphatic carbocycles. The molecule has 1 aliphatic rings. The van der Waals surface area contributed by atoms with Gasteiger partial charge in [0.15, 0.2) is 0 Å². The van der Waals surface area contributed by atoms with Crippen molar-refractivity contribution in [3.05, 3.63) is 40.3 Å². The predicted molar refractivity (Wildman–Crippen MR) is 103 cm³/mol. The number of methoxy groups -OCH3 is 1. The molecule has 1 amide bonds. The third-order valence-corrected chi connectivity index (χ3v) is 6.05. The van der Waals surface area contributed by atoms with Crippen molar-refractivity contribution in [1.82, 2.24) is 4.98 Å². The molecule has 3 rings (SSSR count). The zero-order chi connectivity index (χ0) is 18.2. The average Bonchev–Trinajstić information content (AvgIpc) is 3.30. The number of amides is 1. The van der Waals surface area contributed by atoms with Crippen molar-refractivity contribution >= 4 is 22.9 Å². The van der Waals surface area contributed by atoms with E-state index in [4.69, 9.17) is 4.74 Å². The monoisotopic (exact) mass is 358 g/mol. The summed E-state index contributed by atoms with van der Waals surface area (Å²) in [5.74, 6) is 1.42. The Labute approximate surface area is 153 Å². The van der Waals surface area contributed by atoms with Crippen LogP contribution in [0.3, 0.4) is 0 Å². The Morgan fingerprint density at radius 2 is 1.92 bits per heavy atom. The van der Waals surface area contributed by atoms with Crippen LogP contribution < -0.4 is 9.64 Å². The van der Waals surface area contributed by atoms with Crippen LogP contribution in [0.1, 0.15) is 55.2 Å². The van der Waals surface area contributed by atoms with Crippen LogP contribution >= 0.6 is 11.3 Å². The van der Waals surface area contributed by atoms with Crippen molar-refractivity contribution in [2.24, 2.45) is 5.92 Å². The van der Waals surface area contributed by atoms with Crippen LogP contribution in [0.25, 0.3) is 0 Å². The summed E-state index contributed by atoms with van der Waals surface area (Å²) in [6.07, 6.45) is 4.11. The van der Waals surface area contributed by atoms with Gasteiger partial charge < -0.3 is 9.64 Å². The fourth-order valence-electron chi connectivity index (χ4n) is 2.91. The van der Waals surface area contributed by atoms with Crippen LogP contribution in [-0.2, 0) is 5.41 Å². The van der Waals surface area contributed by atoms with E-state index in [1.807, 2.05) is 29.2 Å². The highest BCUT2D eigenvalue weighted by Gasteiger charge is 2.36. The average molecular weight is 359 g/mol. The van der Waals surface area contributed by atoms with Crippen molar-refractivity contribution in [2.45, 2.75) is 52.0 Å². The number of benzene rings is 1. The Balaban J connectivity index is 1.93. The quantitative estimate of drug-likeness (QED) is 0.764. The Kier molecular flexibility index (Phi) is 4.87. The summed E-state index contributed by atoms with van der Waals surface area (Å²) in [5.41, 5.74) is 0.867. The van der Waals surface area contributed by atoms with Crippen LogP contribution in [0.5, 0.6) is 5.75 Å². The summed E-state index contributed by atoms with van der Waals surface area (Å²) in [5, 5.41) is 0.990. The lowest BCUT2D eigenvalue weighted by atomic mass is 9.98. The van der Waals surface area contributed by atoms with Gasteiger partial charge in [0.2, 0.25) is 0 Å². The molecule has 0 saturated heterocycles. The highest BCUT2D eigenvalue weighted by molar-refractivity contribution is 7.13. The van der Waals surface area contributed by atoms with E-state index in [0.717, 1.165) is 16.4 Å². The van der Waals surface area contributed by atoms with Gasteiger partial charge in [0.25, 0.3) is 5.91 Å². The molecule has 1 aromatic heterocycles. The molecule has 0 aliphatic heterocycles. The second-order valence-corrected chi connectivity index (χ2v) is 8.76. The zero-order valence-corrected chi connectivity index (χ0v) is 16.4. The van der Waals surface area contributed by atoms with Gasteiger partial charge in [0, 0.05) is 17.1 Å². The molecule has 0 spiro atoms. The number of thiazole rings is 1. The lowest BCUT2D eigenvalue weighted by molar-refractivity contribution is 0.0979. The fourth-order valence-corrected chi connectivity index (χ4v) is 3.82. The van der Waals surface area contributed by atoms with Gasteiger partial charge >= 0.3 is 0 Å². The van der Waals surface area contributed by atoms with E-state index in [2.05, 4.69) is 32.7 Å². The lowest BCUT2D eigenvalue weighted by Gasteiger charge is -2.29. The molecule has 1 fully saturated rings. The lowest BCUT2D eigenvalue weighted by Crippen LogP contribution is -2.39. The SMILES string of the molecule is COc1ccc(N(C(=O)c2cnc(C(C)(C)C)s2)C(C)C2CC2)cc1. The molecule has 0 bridgehead atoms. The van der Waals surface area contributed by atoms with Gasteiger partial charge in [0.1, 0.15) is 10.6 Å². The second kappa shape index (κ2) is 6.79. The van der Waals surface area contributed by atoms with Crippen LogP contribution in [0.4, 0.5) is 5.69 Å². The minimum Gasteiger partial charge on any atom is -0.497 e. The Hall–Kier alpha value is -1.88. The fraction of sp³-hybridized carbons (Fsp3) is 0.500. The van der Waals surface area contributed by atoms with Crippen molar-refractivity contribution in [3.63, 3.8) is 0 Å². The normalized spacial score (nSPS) is 15.7. The molecule has 25 heavy (non-hydrogen) atoms. The van der Waals surface area contributed by atoms with Gasteiger partial charge in [-0.2, -0.15) is 0 Å². The first kappa shape index (κ1) is 17.9. The van der Waals surface area contributed by atoms with Crippen molar-refractivity contribution in [1.29, 1.82) is 0 Å². The second-order valence-electron chi connectivity index (χ2n) is 7.73. The number of rotatable bonds is 5. The van der Waals surface area contributed by atoms with Crippen LogP contribution in [-0.4, -0.2) is 24.0 Å². The minimum absolute atomic E-state index is 0.0394. The number of anilines is 1. The summed E-state index contributed by atoms with van der Waals surface area (Å²) in [7, 11) is 1.65. The van der Waals surface area contributed by atoms with E-state index in [1.165, 1.54) is 24.2 Å². The van der Waals surface area contributed by atoms with Gasteiger partial charge in [-0.25, -0.2) is 4.98 Å². The third kappa shape index (κ3) is 3.87. The van der Waals surface area contributed by atoms with Gasteiger partial charge in [-0.15, -0.1) is 11.3 Å². The molecule has 0 N–H and O–H groups in total. The van der Waals surface area contributed by atoms with E-state index in [0.29, 0.717) is 10.8 Å². The molecule has 1 saturated carbocycles. The van der Waals surface area contributed by atoms with E-state index >= 15 is 0 Å². The third-order valence-electron chi connectivity index (χ3n) is 4.64. The highest BCUT2D eigenvalue weighted by atomic mass is 32.1. The van der Waals surface area contributed by atoms with Crippen LogP contribution in [0.2, 0.25) is 0 Å².